The van der Waals surface area contributed by atoms with E-state index >= 15 is 0 Å². The molecule has 2 heterocycles. The number of rotatable bonds is 2. The number of imidazole rings is 1. The monoisotopic (exact) mass is 356 g/mol. The number of benzene rings is 2. The van der Waals surface area contributed by atoms with Crippen molar-refractivity contribution in [3.8, 4) is 17.0 Å². The average Bonchev–Trinajstić information content (AvgIpc) is 3.03. The molecule has 0 saturated heterocycles. The molecule has 1 aromatic heterocycles. The molecule has 0 amide bonds. The highest BCUT2D eigenvalue weighted by Gasteiger charge is 2.34. The molecule has 2 aromatic carbocycles. The lowest BCUT2D eigenvalue weighted by atomic mass is 10.1. The predicted octanol–water partition coefficient (Wildman–Crippen LogP) is 4.84. The number of halogens is 2. The third-order valence-corrected chi connectivity index (χ3v) is 4.73. The number of quaternary nitrogens is 1. The molecule has 0 fully saturated rings. The van der Waals surface area contributed by atoms with Gasteiger partial charge in [0.1, 0.15) is 23.5 Å². The number of phenols is 1. The highest BCUT2D eigenvalue weighted by Crippen LogP contribution is 2.38. The number of phenolic OH excluding ortho intramolecular Hbond substituents is 1. The van der Waals surface area contributed by atoms with Crippen LogP contribution in [-0.2, 0) is 6.54 Å². The average molecular weight is 357 g/mol. The van der Waals surface area contributed by atoms with Crippen molar-refractivity contribution in [3.63, 3.8) is 0 Å². The van der Waals surface area contributed by atoms with Gasteiger partial charge in [-0.15, -0.1) is 0 Å². The third-order valence-electron chi connectivity index (χ3n) is 4.47. The molecule has 4 rings (SSSR count). The fourth-order valence-corrected chi connectivity index (χ4v) is 3.27. The molecule has 126 valence electrons. The third kappa shape index (κ3) is 2.62. The van der Waals surface area contributed by atoms with E-state index in [-0.39, 0.29) is 5.75 Å². The smallest absolute Gasteiger partial charge is 0.319 e. The van der Waals surface area contributed by atoms with Crippen LogP contribution in [0.15, 0.2) is 60.9 Å². The lowest BCUT2D eigenvalue weighted by Gasteiger charge is -2.30. The first-order valence-corrected chi connectivity index (χ1v) is 8.22. The normalized spacial score (nSPS) is 19.0. The van der Waals surface area contributed by atoms with Gasteiger partial charge in [-0.1, -0.05) is 11.6 Å². The summed E-state index contributed by atoms with van der Waals surface area (Å²) < 4.78 is 15.9. The van der Waals surface area contributed by atoms with Crippen molar-refractivity contribution in [1.82, 2.24) is 14.0 Å². The number of allylic oxidation sites excluding steroid dienone is 1. The molecule has 1 unspecified atom stereocenters. The number of aromatic hydroxyl groups is 1. The minimum Gasteiger partial charge on any atom is -0.507 e. The van der Waals surface area contributed by atoms with Crippen LogP contribution in [0.25, 0.3) is 11.3 Å². The summed E-state index contributed by atoms with van der Waals surface area (Å²) in [7, 11) is 2.02. The number of nitrogens with zero attached hydrogens (tertiary/aromatic N) is 3. The van der Waals surface area contributed by atoms with E-state index in [0.717, 1.165) is 11.6 Å². The summed E-state index contributed by atoms with van der Waals surface area (Å²) in [5, 5.41) is 10.7. The van der Waals surface area contributed by atoms with Gasteiger partial charge in [-0.25, -0.2) is 8.87 Å². The Bertz CT molecular complexity index is 981. The molecule has 1 N–H and O–H groups in total. The van der Waals surface area contributed by atoms with Gasteiger partial charge >= 0.3 is 5.95 Å². The van der Waals surface area contributed by atoms with Gasteiger partial charge < -0.3 is 5.11 Å². The molecule has 0 radical (unpaired) electrons. The second-order valence-electron chi connectivity index (χ2n) is 6.18. The van der Waals surface area contributed by atoms with Crippen LogP contribution in [0.5, 0.6) is 5.75 Å². The Labute approximate surface area is 149 Å². The Balaban J connectivity index is 1.85. The van der Waals surface area contributed by atoms with Crippen LogP contribution in [0, 0.1) is 5.82 Å². The fourth-order valence-electron chi connectivity index (χ4n) is 3.14. The zero-order chi connectivity index (χ0) is 17.6. The highest BCUT2D eigenvalue weighted by atomic mass is 35.5. The SMILES string of the molecule is C[N+]1(c2ccc(Cl)cc2)C=CCn2cc(-c3cc(F)ccc3O)nc21. The number of hydrogen-bond acceptors (Lipinski definition) is 2. The van der Waals surface area contributed by atoms with E-state index in [0.29, 0.717) is 27.3 Å². The summed E-state index contributed by atoms with van der Waals surface area (Å²) in [6, 6.07) is 11.5. The Kier molecular flexibility index (Phi) is 3.63. The van der Waals surface area contributed by atoms with E-state index < -0.39 is 5.82 Å². The van der Waals surface area contributed by atoms with Gasteiger partial charge in [0.2, 0.25) is 0 Å². The van der Waals surface area contributed by atoms with Crippen molar-refractivity contribution >= 4 is 23.2 Å². The largest absolute Gasteiger partial charge is 0.507 e. The molecule has 0 saturated carbocycles. The first-order valence-electron chi connectivity index (χ1n) is 7.84. The topological polar surface area (TPSA) is 38.0 Å². The molecule has 1 atom stereocenters. The van der Waals surface area contributed by atoms with Crippen LogP contribution in [0.3, 0.4) is 0 Å². The van der Waals surface area contributed by atoms with Crippen molar-refractivity contribution in [2.45, 2.75) is 6.54 Å². The molecular formula is C19H16ClFN3O+. The Morgan fingerprint density at radius 3 is 2.72 bits per heavy atom. The molecule has 1 aliphatic heterocycles. The zero-order valence-electron chi connectivity index (χ0n) is 13.5. The molecule has 0 spiro atoms. The van der Waals surface area contributed by atoms with Gasteiger partial charge in [-0.05, 0) is 36.4 Å². The van der Waals surface area contributed by atoms with Gasteiger partial charge in [-0.2, -0.15) is 4.98 Å². The molecule has 1 aliphatic rings. The lowest BCUT2D eigenvalue weighted by Crippen LogP contribution is -2.38. The van der Waals surface area contributed by atoms with E-state index in [1.54, 1.807) is 0 Å². The van der Waals surface area contributed by atoms with Gasteiger partial charge in [-0.3, -0.25) is 4.57 Å². The van der Waals surface area contributed by atoms with Crippen molar-refractivity contribution in [1.29, 1.82) is 0 Å². The molecule has 3 aromatic rings. The highest BCUT2D eigenvalue weighted by molar-refractivity contribution is 6.30. The van der Waals surface area contributed by atoms with Crippen LogP contribution in [0.1, 0.15) is 0 Å². The maximum Gasteiger partial charge on any atom is 0.319 e. The van der Waals surface area contributed by atoms with Crippen LogP contribution in [0.2, 0.25) is 5.02 Å². The molecule has 0 aliphatic carbocycles. The summed E-state index contributed by atoms with van der Waals surface area (Å²) in [5.41, 5.74) is 1.92. The van der Waals surface area contributed by atoms with Gasteiger partial charge in [0, 0.05) is 28.9 Å². The first-order chi connectivity index (χ1) is 12.0. The minimum atomic E-state index is -0.410. The fraction of sp³-hybridized carbons (Fsp3) is 0.105. The van der Waals surface area contributed by atoms with E-state index in [9.17, 15) is 9.50 Å². The standard InChI is InChI=1S/C19H15ClFN3O/c1-24(15-6-3-13(20)4-7-15)10-2-9-23-12-17(22-19(23)24)16-11-14(21)5-8-18(16)25/h2-8,10-12H,9H2,1H3/p+1. The quantitative estimate of drug-likeness (QED) is 0.667. The van der Waals surface area contributed by atoms with Crippen LogP contribution in [0.4, 0.5) is 16.0 Å². The number of hydrogen-bond donors (Lipinski definition) is 1. The van der Waals surface area contributed by atoms with Gasteiger partial charge in [0.05, 0.1) is 19.3 Å². The molecular weight excluding hydrogens is 341 g/mol. The molecule has 4 nitrogen and oxygen atoms in total. The Morgan fingerprint density at radius 1 is 1.20 bits per heavy atom. The molecule has 0 bridgehead atoms. The van der Waals surface area contributed by atoms with E-state index in [1.807, 2.05) is 42.1 Å². The molecule has 6 heteroatoms. The second-order valence-corrected chi connectivity index (χ2v) is 6.61. The van der Waals surface area contributed by atoms with Crippen molar-refractivity contribution in [2.24, 2.45) is 0 Å². The van der Waals surface area contributed by atoms with Crippen LogP contribution < -0.4 is 4.48 Å². The maximum absolute atomic E-state index is 13.6. The Morgan fingerprint density at radius 2 is 1.96 bits per heavy atom. The summed E-state index contributed by atoms with van der Waals surface area (Å²) in [6.07, 6.45) is 5.94. The van der Waals surface area contributed by atoms with Crippen molar-refractivity contribution in [3.05, 3.63) is 71.8 Å². The summed E-state index contributed by atoms with van der Waals surface area (Å²) >= 11 is 6.00. The zero-order valence-corrected chi connectivity index (χ0v) is 14.3. The van der Waals surface area contributed by atoms with E-state index in [4.69, 9.17) is 16.6 Å². The lowest BCUT2D eigenvalue weighted by molar-refractivity contribution is 0.475. The number of fused-ring (bicyclic) bond motifs is 1. The van der Waals surface area contributed by atoms with Gasteiger partial charge in [0.15, 0.2) is 0 Å². The first kappa shape index (κ1) is 15.9. The maximum atomic E-state index is 13.6. The second kappa shape index (κ2) is 5.72. The summed E-state index contributed by atoms with van der Waals surface area (Å²) in [4.78, 5) is 4.70. The Hall–Kier alpha value is -2.63. The number of aromatic nitrogens is 2. The summed E-state index contributed by atoms with van der Waals surface area (Å²) in [5.74, 6) is 0.376. The summed E-state index contributed by atoms with van der Waals surface area (Å²) in [6.45, 7) is 0.667. The van der Waals surface area contributed by atoms with Crippen LogP contribution in [-0.4, -0.2) is 21.7 Å². The minimum absolute atomic E-state index is 0.00509. The van der Waals surface area contributed by atoms with Crippen molar-refractivity contribution in [2.75, 3.05) is 7.05 Å². The van der Waals surface area contributed by atoms with Crippen molar-refractivity contribution < 1.29 is 9.50 Å². The van der Waals surface area contributed by atoms with Gasteiger partial charge in [0.25, 0.3) is 0 Å². The van der Waals surface area contributed by atoms with Crippen LogP contribution >= 0.6 is 11.6 Å². The van der Waals surface area contributed by atoms with E-state index in [2.05, 4.69) is 12.3 Å². The van der Waals surface area contributed by atoms with E-state index in [1.165, 1.54) is 18.2 Å². The predicted molar refractivity (Wildman–Crippen MR) is 97.3 cm³/mol. The molecule has 25 heavy (non-hydrogen) atoms.